The average Bonchev–Trinajstić information content (AvgIpc) is 3.46. The molecule has 3 aromatic carbocycles. The van der Waals surface area contributed by atoms with Crippen molar-refractivity contribution in [2.24, 2.45) is 14.1 Å². The van der Waals surface area contributed by atoms with Crippen molar-refractivity contribution in [1.29, 1.82) is 0 Å². The zero-order chi connectivity index (χ0) is 41.2. The van der Waals surface area contributed by atoms with E-state index in [0.717, 1.165) is 38.9 Å². The minimum atomic E-state index is -2.98. The minimum Gasteiger partial charge on any atom is -0.496 e. The third-order valence-electron chi connectivity index (χ3n) is 12.5. The first-order valence-corrected chi connectivity index (χ1v) is 19.6. The van der Waals surface area contributed by atoms with Crippen LogP contribution in [0.1, 0.15) is 53.1 Å². The summed E-state index contributed by atoms with van der Waals surface area (Å²) in [5.74, 6) is -2.74. The number of amides is 2. The Kier molecular flexibility index (Phi) is 10.1. The third-order valence-corrected chi connectivity index (χ3v) is 12.5. The van der Waals surface area contributed by atoms with Crippen molar-refractivity contribution >= 4 is 22.8 Å². The number of hydrogen-bond donors (Lipinski definition) is 1. The van der Waals surface area contributed by atoms with Crippen LogP contribution in [0.3, 0.4) is 0 Å². The zero-order valence-corrected chi connectivity index (χ0v) is 33.7. The summed E-state index contributed by atoms with van der Waals surface area (Å²) in [6.45, 7) is 4.87. The number of methoxy groups -OCH3 is 2. The summed E-state index contributed by atoms with van der Waals surface area (Å²) in [5.41, 5.74) is 8.54. The number of imide groups is 1. The number of carbonyl (C=O) groups excluding carboxylic acids is 2. The molecule has 2 aromatic heterocycles. The van der Waals surface area contributed by atoms with Gasteiger partial charge in [-0.2, -0.15) is 0 Å². The van der Waals surface area contributed by atoms with Crippen molar-refractivity contribution in [3.63, 3.8) is 0 Å². The van der Waals surface area contributed by atoms with Gasteiger partial charge in [0.25, 0.3) is 11.5 Å². The molecular formula is C44H48F2N6O6. The fourth-order valence-electron chi connectivity index (χ4n) is 9.28. The number of fused-ring (bicyclic) bond motifs is 2. The van der Waals surface area contributed by atoms with E-state index in [1.54, 1.807) is 55.5 Å². The summed E-state index contributed by atoms with van der Waals surface area (Å²) >= 11 is 0. The van der Waals surface area contributed by atoms with E-state index >= 15 is 8.78 Å². The Labute approximate surface area is 334 Å². The summed E-state index contributed by atoms with van der Waals surface area (Å²) in [6.07, 6.45) is 3.09. The molecule has 8 rings (SSSR count). The first kappa shape index (κ1) is 39.2. The number of ether oxygens (including phenoxy) is 2. The van der Waals surface area contributed by atoms with Crippen molar-refractivity contribution < 1.29 is 27.8 Å². The van der Waals surface area contributed by atoms with Gasteiger partial charge in [-0.15, -0.1) is 0 Å². The first-order chi connectivity index (χ1) is 27.7. The second-order valence-corrected chi connectivity index (χ2v) is 15.9. The van der Waals surface area contributed by atoms with E-state index in [0.29, 0.717) is 66.1 Å². The molecular weight excluding hydrogens is 747 g/mol. The average molecular weight is 795 g/mol. The van der Waals surface area contributed by atoms with Crippen LogP contribution in [0.15, 0.2) is 64.3 Å². The van der Waals surface area contributed by atoms with Gasteiger partial charge in [-0.3, -0.25) is 38.6 Å². The second-order valence-electron chi connectivity index (χ2n) is 15.9. The Morgan fingerprint density at radius 3 is 2.28 bits per heavy atom. The molecule has 12 nitrogen and oxygen atoms in total. The van der Waals surface area contributed by atoms with Gasteiger partial charge in [0.05, 0.1) is 43.4 Å². The number of likely N-dealkylation sites (tertiary alicyclic amines) is 1. The highest BCUT2D eigenvalue weighted by Crippen LogP contribution is 2.41. The van der Waals surface area contributed by atoms with Crippen LogP contribution >= 0.6 is 0 Å². The lowest BCUT2D eigenvalue weighted by molar-refractivity contribution is -0.135. The number of hydrogen-bond acceptors (Lipinski definition) is 8. The van der Waals surface area contributed by atoms with Gasteiger partial charge >= 0.3 is 5.69 Å². The summed E-state index contributed by atoms with van der Waals surface area (Å²) in [6, 6.07) is 13.7. The molecule has 5 aromatic rings. The molecule has 3 aliphatic heterocycles. The van der Waals surface area contributed by atoms with E-state index in [4.69, 9.17) is 9.47 Å². The number of nitrogens with zero attached hydrogens (tertiary/aromatic N) is 5. The number of imidazole rings is 1. The van der Waals surface area contributed by atoms with Crippen LogP contribution in [-0.4, -0.2) is 81.1 Å². The largest absolute Gasteiger partial charge is 0.496 e. The number of para-hydroxylation sites is 1. The number of nitrogens with one attached hydrogen (secondary N) is 1. The van der Waals surface area contributed by atoms with E-state index in [1.807, 2.05) is 54.3 Å². The van der Waals surface area contributed by atoms with Crippen molar-refractivity contribution in [2.75, 3.05) is 33.9 Å². The van der Waals surface area contributed by atoms with Crippen molar-refractivity contribution in [2.45, 2.75) is 70.6 Å². The van der Waals surface area contributed by atoms with Crippen LogP contribution in [0, 0.1) is 13.8 Å². The van der Waals surface area contributed by atoms with Crippen molar-refractivity contribution in [3.05, 3.63) is 103 Å². The smallest absolute Gasteiger partial charge is 0.329 e. The predicted molar refractivity (Wildman–Crippen MR) is 216 cm³/mol. The maximum Gasteiger partial charge on any atom is 0.329 e. The quantitative estimate of drug-likeness (QED) is 0.212. The molecule has 0 aliphatic carbocycles. The Balaban J connectivity index is 0.992. The number of aryl methyl sites for hydroxylation is 2. The number of pyridine rings is 1. The molecule has 2 fully saturated rings. The van der Waals surface area contributed by atoms with Crippen LogP contribution in [-0.2, 0) is 43.2 Å². The molecule has 3 aliphatic rings. The fourth-order valence-corrected chi connectivity index (χ4v) is 9.28. The molecule has 0 radical (unpaired) electrons. The molecule has 304 valence electrons. The molecule has 2 saturated heterocycles. The summed E-state index contributed by atoms with van der Waals surface area (Å²) in [4.78, 5) is 54.3. The van der Waals surface area contributed by atoms with Crippen LogP contribution in [0.4, 0.5) is 8.78 Å². The number of rotatable bonds is 8. The summed E-state index contributed by atoms with van der Waals surface area (Å²) in [7, 11) is 6.51. The molecule has 0 saturated carbocycles. The lowest BCUT2D eigenvalue weighted by Crippen LogP contribution is -2.58. The zero-order valence-electron chi connectivity index (χ0n) is 33.7. The van der Waals surface area contributed by atoms with Crippen LogP contribution in [0.25, 0.3) is 33.3 Å². The van der Waals surface area contributed by atoms with Gasteiger partial charge in [-0.1, -0.05) is 30.3 Å². The molecule has 58 heavy (non-hydrogen) atoms. The van der Waals surface area contributed by atoms with Gasteiger partial charge in [0, 0.05) is 69.6 Å². The Hall–Kier alpha value is -5.60. The van der Waals surface area contributed by atoms with Crippen molar-refractivity contribution in [1.82, 2.24) is 28.8 Å². The molecule has 0 unspecified atom stereocenters. The second kappa shape index (κ2) is 15.0. The molecule has 1 N–H and O–H groups in total. The lowest BCUT2D eigenvalue weighted by atomic mass is 9.91. The molecule has 2 amide bonds. The summed E-state index contributed by atoms with van der Waals surface area (Å²) in [5, 5.41) is 2.36. The van der Waals surface area contributed by atoms with Gasteiger partial charge in [0.2, 0.25) is 11.8 Å². The van der Waals surface area contributed by atoms with E-state index in [1.165, 1.54) is 4.57 Å². The Morgan fingerprint density at radius 2 is 1.59 bits per heavy atom. The fraction of sp³-hybridized carbons (Fsp3) is 0.409. The highest BCUT2D eigenvalue weighted by Gasteiger charge is 2.48. The van der Waals surface area contributed by atoms with Gasteiger partial charge in [0.1, 0.15) is 17.5 Å². The Morgan fingerprint density at radius 1 is 0.845 bits per heavy atom. The van der Waals surface area contributed by atoms with Gasteiger partial charge in [-0.05, 0) is 79.1 Å². The molecule has 0 bridgehead atoms. The number of benzene rings is 3. The van der Waals surface area contributed by atoms with Gasteiger partial charge in [-0.25, -0.2) is 13.6 Å². The lowest BCUT2D eigenvalue weighted by Gasteiger charge is -2.45. The van der Waals surface area contributed by atoms with E-state index < -0.39 is 30.5 Å². The third kappa shape index (κ3) is 6.71. The van der Waals surface area contributed by atoms with E-state index in [-0.39, 0.29) is 36.5 Å². The van der Waals surface area contributed by atoms with E-state index in [2.05, 4.69) is 11.4 Å². The molecule has 14 heteroatoms. The standard InChI is InChI=1S/C44H48F2N6O6/c1-25-26(2)42(55)48(3)22-32(25)30-19-36(57-5)33(37(20-30)58-6)23-50-16-15-38(44(45,46)24-50)51-17-14-27-18-28(10-11-29(27)21-51)31-8-7-9-34-40(31)49(4)43(56)52(34)35-12-13-39(53)47-41(35)54/h7-11,18-20,22,35,38H,12-17,21,23-24H2,1-6H3,(H,47,53,54)/t35-,38+/m0/s1. The van der Waals surface area contributed by atoms with Crippen LogP contribution in [0.2, 0.25) is 0 Å². The SMILES string of the molecule is COc1cc(-c2cn(C)c(=O)c(C)c2C)cc(OC)c1CN1CC[C@@H](N2CCc3cc(-c4cccc5c4n(C)c(=O)n5[C@H]4CCC(=O)NC4=O)ccc3C2)C(F)(F)C1. The maximum absolute atomic E-state index is 16.2. The number of halogens is 2. The van der Waals surface area contributed by atoms with Crippen LogP contribution < -0.4 is 26.0 Å². The number of piperidine rings is 2. The molecule has 2 atom stereocenters. The van der Waals surface area contributed by atoms with E-state index in [9.17, 15) is 19.2 Å². The predicted octanol–water partition coefficient (Wildman–Crippen LogP) is 5.25. The highest BCUT2D eigenvalue weighted by molar-refractivity contribution is 6.01. The number of alkyl halides is 2. The van der Waals surface area contributed by atoms with Crippen molar-refractivity contribution in [3.8, 4) is 33.8 Å². The first-order valence-electron chi connectivity index (χ1n) is 19.6. The maximum atomic E-state index is 16.2. The number of carbonyl (C=O) groups is 2. The Bertz CT molecular complexity index is 2580. The monoisotopic (exact) mass is 794 g/mol. The molecule has 0 spiro atoms. The van der Waals surface area contributed by atoms with Gasteiger partial charge in [0.15, 0.2) is 0 Å². The van der Waals surface area contributed by atoms with Gasteiger partial charge < -0.3 is 14.0 Å². The molecule has 5 heterocycles. The van der Waals surface area contributed by atoms with Crippen LogP contribution in [0.5, 0.6) is 11.5 Å². The topological polar surface area (TPSA) is 120 Å². The highest BCUT2D eigenvalue weighted by atomic mass is 19.3. The normalized spacial score (nSPS) is 19.9. The minimum absolute atomic E-state index is 0.0643. The number of aromatic nitrogens is 3. The summed E-state index contributed by atoms with van der Waals surface area (Å²) < 4.78 is 48.6.